The fourth-order valence-electron chi connectivity index (χ4n) is 4.59. The number of nitrogens with one attached hydrogen (secondary N) is 1. The molecular weight excluding hydrogens is 423 g/mol. The number of alkyl halides is 3. The molecule has 1 aliphatic carbocycles. The first-order valence-corrected chi connectivity index (χ1v) is 10.2. The summed E-state index contributed by atoms with van der Waals surface area (Å²) in [6.07, 6.45) is 1.10. The number of anilines is 1. The van der Waals surface area contributed by atoms with Gasteiger partial charge in [0.05, 0.1) is 29.6 Å². The van der Waals surface area contributed by atoms with Gasteiger partial charge in [-0.1, -0.05) is 0 Å². The summed E-state index contributed by atoms with van der Waals surface area (Å²) in [5.41, 5.74) is 0.356. The topological polar surface area (TPSA) is 88.8 Å². The molecule has 8 nitrogen and oxygen atoms in total. The number of likely N-dealkylation sites (tertiary alicyclic amines) is 1. The second-order valence-electron chi connectivity index (χ2n) is 8.19. The highest BCUT2D eigenvalue weighted by atomic mass is 19.4. The zero-order chi connectivity index (χ0) is 22.5. The summed E-state index contributed by atoms with van der Waals surface area (Å²) in [6.45, 7) is 2.46. The molecule has 32 heavy (non-hydrogen) atoms. The van der Waals surface area contributed by atoms with Crippen molar-refractivity contribution < 1.29 is 18.0 Å². The molecule has 1 amide bonds. The summed E-state index contributed by atoms with van der Waals surface area (Å²) >= 11 is 0. The van der Waals surface area contributed by atoms with Crippen molar-refractivity contribution in [1.29, 1.82) is 0 Å². The van der Waals surface area contributed by atoms with Crippen LogP contribution in [0, 0.1) is 12.8 Å². The van der Waals surface area contributed by atoms with E-state index in [0.717, 1.165) is 30.8 Å². The average molecular weight is 443 g/mol. The molecule has 0 unspecified atom stereocenters. The van der Waals surface area contributed by atoms with Crippen molar-refractivity contribution in [3.05, 3.63) is 59.7 Å². The number of fused-ring (bicyclic) bond motifs is 2. The Labute approximate surface area is 181 Å². The van der Waals surface area contributed by atoms with Gasteiger partial charge in [-0.2, -0.15) is 23.4 Å². The molecule has 2 aliphatic rings. The molecule has 3 aromatic rings. The van der Waals surface area contributed by atoms with Gasteiger partial charge in [-0.15, -0.1) is 4.80 Å². The minimum atomic E-state index is -4.43. The maximum absolute atomic E-state index is 13.5. The van der Waals surface area contributed by atoms with E-state index in [4.69, 9.17) is 0 Å². The predicted octanol–water partition coefficient (Wildman–Crippen LogP) is 3.10. The quantitative estimate of drug-likeness (QED) is 0.667. The summed E-state index contributed by atoms with van der Waals surface area (Å²) in [5, 5.41) is 11.4. The van der Waals surface area contributed by atoms with Gasteiger partial charge in [0.25, 0.3) is 5.91 Å². The van der Waals surface area contributed by atoms with Gasteiger partial charge in [0.1, 0.15) is 5.82 Å². The Hall–Kier alpha value is -3.50. The van der Waals surface area contributed by atoms with Gasteiger partial charge in [-0.05, 0) is 49.9 Å². The summed E-state index contributed by atoms with van der Waals surface area (Å²) < 4.78 is 38.4. The minimum absolute atomic E-state index is 0.0867. The molecule has 1 saturated heterocycles. The summed E-state index contributed by atoms with van der Waals surface area (Å²) in [6, 6.07) is 5.66. The second-order valence-corrected chi connectivity index (χ2v) is 8.19. The second kappa shape index (κ2) is 7.57. The Morgan fingerprint density at radius 3 is 2.56 bits per heavy atom. The van der Waals surface area contributed by atoms with E-state index < -0.39 is 11.7 Å². The van der Waals surface area contributed by atoms with E-state index >= 15 is 0 Å². The largest absolute Gasteiger partial charge is 0.417 e. The van der Waals surface area contributed by atoms with Crippen LogP contribution in [0.15, 0.2) is 42.9 Å². The van der Waals surface area contributed by atoms with Crippen molar-refractivity contribution in [2.24, 2.45) is 5.92 Å². The molecule has 4 heterocycles. The minimum Gasteiger partial charge on any atom is -0.365 e. The first-order chi connectivity index (χ1) is 15.3. The Kier molecular flexibility index (Phi) is 4.83. The first-order valence-electron chi connectivity index (χ1n) is 10.2. The number of piperidine rings is 1. The summed E-state index contributed by atoms with van der Waals surface area (Å²) in [7, 11) is 0. The first kappa shape index (κ1) is 20.4. The SMILES string of the molecule is Cc1ccc(C(=O)N2C[C@H]3C[C@@H](Nc4ccc(C(F)(F)F)cn4)[C@@H]2C3)c(-n2nccn2)n1. The van der Waals surface area contributed by atoms with Crippen LogP contribution in [0.25, 0.3) is 5.82 Å². The molecular formula is C21H20F3N7O. The lowest BCUT2D eigenvalue weighted by atomic mass is 10.0. The van der Waals surface area contributed by atoms with Crippen LogP contribution in [0.5, 0.6) is 0 Å². The zero-order valence-corrected chi connectivity index (χ0v) is 17.1. The van der Waals surface area contributed by atoms with Gasteiger partial charge in [0.2, 0.25) is 0 Å². The number of rotatable bonds is 4. The maximum Gasteiger partial charge on any atom is 0.417 e. The smallest absolute Gasteiger partial charge is 0.365 e. The molecule has 3 aromatic heterocycles. The molecule has 3 atom stereocenters. The average Bonchev–Trinajstić information content (AvgIpc) is 3.50. The van der Waals surface area contributed by atoms with E-state index in [0.29, 0.717) is 29.7 Å². The third-order valence-corrected chi connectivity index (χ3v) is 6.02. The molecule has 1 aliphatic heterocycles. The number of aromatic nitrogens is 5. The van der Waals surface area contributed by atoms with Crippen molar-refractivity contribution >= 4 is 11.7 Å². The number of carbonyl (C=O) groups is 1. The number of aryl methyl sites for hydroxylation is 1. The molecule has 11 heteroatoms. The Balaban J connectivity index is 1.36. The van der Waals surface area contributed by atoms with Gasteiger partial charge in [0, 0.05) is 24.5 Å². The van der Waals surface area contributed by atoms with E-state index in [1.165, 1.54) is 23.3 Å². The van der Waals surface area contributed by atoms with Gasteiger partial charge in [-0.25, -0.2) is 9.97 Å². The van der Waals surface area contributed by atoms with Crippen LogP contribution in [0.1, 0.15) is 34.5 Å². The van der Waals surface area contributed by atoms with Gasteiger partial charge in [-0.3, -0.25) is 4.79 Å². The van der Waals surface area contributed by atoms with Crippen molar-refractivity contribution in [2.75, 3.05) is 11.9 Å². The number of hydrogen-bond donors (Lipinski definition) is 1. The standard InChI is InChI=1S/C21H20F3N7O/c1-12-2-4-15(19(28-12)31-26-6-7-27-31)20(32)30-11-13-8-16(17(30)9-13)29-18-5-3-14(10-25-18)21(22,23)24/h2-7,10,13,16-17H,8-9,11H2,1H3,(H,25,29)/t13-,16+,17-/m0/s1. The van der Waals surface area contributed by atoms with E-state index in [1.807, 2.05) is 11.8 Å². The number of nitrogens with zero attached hydrogens (tertiary/aromatic N) is 6. The van der Waals surface area contributed by atoms with Gasteiger partial charge in [0.15, 0.2) is 5.82 Å². The van der Waals surface area contributed by atoms with Crippen LogP contribution in [0.2, 0.25) is 0 Å². The number of halogens is 3. The molecule has 2 bridgehead atoms. The fraction of sp³-hybridized carbons (Fsp3) is 0.381. The van der Waals surface area contributed by atoms with Crippen molar-refractivity contribution in [1.82, 2.24) is 29.9 Å². The normalized spacial score (nSPS) is 22.4. The van der Waals surface area contributed by atoms with Crippen LogP contribution in [-0.4, -0.2) is 54.4 Å². The highest BCUT2D eigenvalue weighted by Crippen LogP contribution is 2.40. The molecule has 2 fully saturated rings. The molecule has 0 radical (unpaired) electrons. The van der Waals surface area contributed by atoms with E-state index in [2.05, 4.69) is 25.5 Å². The lowest BCUT2D eigenvalue weighted by Gasteiger charge is -2.34. The predicted molar refractivity (Wildman–Crippen MR) is 108 cm³/mol. The molecule has 1 saturated carbocycles. The number of carbonyl (C=O) groups excluding carboxylic acids is 1. The van der Waals surface area contributed by atoms with Crippen molar-refractivity contribution in [2.45, 2.75) is 38.0 Å². The number of amides is 1. The highest BCUT2D eigenvalue weighted by molar-refractivity contribution is 5.97. The lowest BCUT2D eigenvalue weighted by Crippen LogP contribution is -2.48. The molecule has 5 rings (SSSR count). The maximum atomic E-state index is 13.5. The summed E-state index contributed by atoms with van der Waals surface area (Å²) in [5.74, 6) is 0.892. The van der Waals surface area contributed by atoms with E-state index in [1.54, 1.807) is 12.1 Å². The monoisotopic (exact) mass is 443 g/mol. The molecule has 1 N–H and O–H groups in total. The third kappa shape index (κ3) is 3.67. The molecule has 166 valence electrons. The third-order valence-electron chi connectivity index (χ3n) is 6.02. The van der Waals surface area contributed by atoms with Crippen LogP contribution in [-0.2, 0) is 6.18 Å². The zero-order valence-electron chi connectivity index (χ0n) is 17.1. The molecule has 0 spiro atoms. The van der Waals surface area contributed by atoms with Gasteiger partial charge >= 0.3 is 6.18 Å². The van der Waals surface area contributed by atoms with Crippen molar-refractivity contribution in [3.8, 4) is 5.82 Å². The number of hydrogen-bond acceptors (Lipinski definition) is 6. The van der Waals surface area contributed by atoms with Gasteiger partial charge < -0.3 is 10.2 Å². The van der Waals surface area contributed by atoms with Crippen LogP contribution >= 0.6 is 0 Å². The van der Waals surface area contributed by atoms with Crippen LogP contribution < -0.4 is 5.32 Å². The Bertz CT molecular complexity index is 1130. The van der Waals surface area contributed by atoms with Crippen molar-refractivity contribution in [3.63, 3.8) is 0 Å². The van der Waals surface area contributed by atoms with E-state index in [-0.39, 0.29) is 18.0 Å². The van der Waals surface area contributed by atoms with E-state index in [9.17, 15) is 18.0 Å². The Morgan fingerprint density at radius 1 is 1.12 bits per heavy atom. The summed E-state index contributed by atoms with van der Waals surface area (Å²) in [4.78, 5) is 25.0. The highest BCUT2D eigenvalue weighted by Gasteiger charge is 2.47. The molecule has 0 aromatic carbocycles. The fourth-order valence-corrected chi connectivity index (χ4v) is 4.59. The van der Waals surface area contributed by atoms with Crippen LogP contribution in [0.4, 0.5) is 19.0 Å². The lowest BCUT2D eigenvalue weighted by molar-refractivity contribution is -0.137. The van der Waals surface area contributed by atoms with Crippen LogP contribution in [0.3, 0.4) is 0 Å². The Morgan fingerprint density at radius 2 is 1.91 bits per heavy atom. The number of pyridine rings is 2.